The summed E-state index contributed by atoms with van der Waals surface area (Å²) in [5, 5.41) is 7.41. The van der Waals surface area contributed by atoms with Gasteiger partial charge in [-0.25, -0.2) is 4.68 Å². The Bertz CT molecular complexity index is 678. The molecule has 2 amide bonds. The van der Waals surface area contributed by atoms with Gasteiger partial charge in [0.15, 0.2) is 0 Å². The van der Waals surface area contributed by atoms with Crippen molar-refractivity contribution in [1.82, 2.24) is 14.7 Å². The standard InChI is InChI=1S/C20H30N4O2/c1-20(2,3)19(26)22-17-9-12-21-24(17)16-10-13-23(14-11-16)18(25)15-7-5-4-6-8-15/h4-5,9,12,15-16H,6-8,10-11,13-14H2,1-3H3,(H,22,26). The molecule has 1 atom stereocenters. The Kier molecular flexibility index (Phi) is 5.49. The Morgan fingerprint density at radius 1 is 1.15 bits per heavy atom. The van der Waals surface area contributed by atoms with Gasteiger partial charge in [-0.15, -0.1) is 0 Å². The topological polar surface area (TPSA) is 67.2 Å². The van der Waals surface area contributed by atoms with Gasteiger partial charge in [0.1, 0.15) is 5.82 Å². The van der Waals surface area contributed by atoms with Crippen LogP contribution in [0.1, 0.15) is 58.9 Å². The molecule has 0 saturated carbocycles. The molecule has 6 nitrogen and oxygen atoms in total. The van der Waals surface area contributed by atoms with E-state index in [1.54, 1.807) is 6.20 Å². The van der Waals surface area contributed by atoms with Crippen LogP contribution in [0.2, 0.25) is 0 Å². The van der Waals surface area contributed by atoms with E-state index >= 15 is 0 Å². The second kappa shape index (κ2) is 7.64. The maximum Gasteiger partial charge on any atom is 0.230 e. The van der Waals surface area contributed by atoms with Gasteiger partial charge in [-0.3, -0.25) is 9.59 Å². The lowest BCUT2D eigenvalue weighted by atomic mass is 9.92. The van der Waals surface area contributed by atoms with Crippen LogP contribution < -0.4 is 5.32 Å². The fourth-order valence-electron chi connectivity index (χ4n) is 3.61. The summed E-state index contributed by atoms with van der Waals surface area (Å²) in [5.74, 6) is 1.18. The molecule has 1 aromatic heterocycles. The number of amides is 2. The highest BCUT2D eigenvalue weighted by Gasteiger charge is 2.30. The van der Waals surface area contributed by atoms with Crippen molar-refractivity contribution in [2.75, 3.05) is 18.4 Å². The molecule has 1 N–H and O–H groups in total. The summed E-state index contributed by atoms with van der Waals surface area (Å²) in [6, 6.07) is 2.06. The molecule has 0 spiro atoms. The summed E-state index contributed by atoms with van der Waals surface area (Å²) in [6.45, 7) is 7.21. The number of likely N-dealkylation sites (tertiary alicyclic amines) is 1. The van der Waals surface area contributed by atoms with Crippen molar-refractivity contribution in [3.8, 4) is 0 Å². The molecular weight excluding hydrogens is 328 g/mol. The van der Waals surface area contributed by atoms with Crippen LogP contribution in [0.25, 0.3) is 0 Å². The van der Waals surface area contributed by atoms with Gasteiger partial charge >= 0.3 is 0 Å². The van der Waals surface area contributed by atoms with E-state index in [1.165, 1.54) is 0 Å². The van der Waals surface area contributed by atoms with Crippen molar-refractivity contribution >= 4 is 17.6 Å². The van der Waals surface area contributed by atoms with Crippen molar-refractivity contribution in [3.63, 3.8) is 0 Å². The molecular formula is C20H30N4O2. The lowest BCUT2D eigenvalue weighted by Gasteiger charge is -2.35. The highest BCUT2D eigenvalue weighted by Crippen LogP contribution is 2.29. The van der Waals surface area contributed by atoms with Gasteiger partial charge < -0.3 is 10.2 Å². The molecule has 1 aliphatic heterocycles. The first-order chi connectivity index (χ1) is 12.4. The minimum atomic E-state index is -0.445. The fourth-order valence-corrected chi connectivity index (χ4v) is 3.61. The first kappa shape index (κ1) is 18.7. The molecule has 0 bridgehead atoms. The van der Waals surface area contributed by atoms with Gasteiger partial charge in [0.25, 0.3) is 0 Å². The van der Waals surface area contributed by atoms with E-state index in [4.69, 9.17) is 0 Å². The van der Waals surface area contributed by atoms with Gasteiger partial charge in [-0.05, 0) is 32.1 Å². The number of nitrogens with one attached hydrogen (secondary N) is 1. The van der Waals surface area contributed by atoms with E-state index in [0.717, 1.165) is 51.0 Å². The second-order valence-corrected chi connectivity index (χ2v) is 8.40. The minimum Gasteiger partial charge on any atom is -0.342 e. The first-order valence-corrected chi connectivity index (χ1v) is 9.65. The zero-order valence-corrected chi connectivity index (χ0v) is 16.1. The van der Waals surface area contributed by atoms with E-state index in [9.17, 15) is 9.59 Å². The number of rotatable bonds is 3. The number of anilines is 1. The van der Waals surface area contributed by atoms with Gasteiger partial charge in [-0.1, -0.05) is 32.9 Å². The summed E-state index contributed by atoms with van der Waals surface area (Å²) >= 11 is 0. The number of aromatic nitrogens is 2. The van der Waals surface area contributed by atoms with Crippen molar-refractivity contribution in [2.24, 2.45) is 11.3 Å². The van der Waals surface area contributed by atoms with E-state index in [-0.39, 0.29) is 17.9 Å². The number of carbonyl (C=O) groups excluding carboxylic acids is 2. The van der Waals surface area contributed by atoms with Crippen LogP contribution in [0.3, 0.4) is 0 Å². The summed E-state index contributed by atoms with van der Waals surface area (Å²) in [6.07, 6.45) is 10.6. The Morgan fingerprint density at radius 3 is 2.50 bits per heavy atom. The number of hydrogen-bond acceptors (Lipinski definition) is 3. The molecule has 0 radical (unpaired) electrons. The average molecular weight is 358 g/mol. The van der Waals surface area contributed by atoms with Gasteiger partial charge in [0.2, 0.25) is 11.8 Å². The zero-order valence-electron chi connectivity index (χ0n) is 16.1. The third kappa shape index (κ3) is 4.17. The SMILES string of the molecule is CC(C)(C)C(=O)Nc1ccnn1C1CCN(C(=O)C2CC=CCC2)CC1. The monoisotopic (exact) mass is 358 g/mol. The van der Waals surface area contributed by atoms with Crippen LogP contribution in [-0.2, 0) is 9.59 Å². The van der Waals surface area contributed by atoms with Crippen molar-refractivity contribution in [3.05, 3.63) is 24.4 Å². The van der Waals surface area contributed by atoms with Crippen molar-refractivity contribution in [1.29, 1.82) is 0 Å². The van der Waals surface area contributed by atoms with Crippen LogP contribution in [0.4, 0.5) is 5.82 Å². The van der Waals surface area contributed by atoms with E-state index in [0.29, 0.717) is 5.91 Å². The molecule has 2 heterocycles. The maximum absolute atomic E-state index is 12.7. The molecule has 1 aliphatic carbocycles. The summed E-state index contributed by atoms with van der Waals surface area (Å²) < 4.78 is 1.91. The van der Waals surface area contributed by atoms with Crippen molar-refractivity contribution in [2.45, 2.75) is 58.9 Å². The summed E-state index contributed by atoms with van der Waals surface area (Å²) in [4.78, 5) is 27.0. The van der Waals surface area contributed by atoms with E-state index in [1.807, 2.05) is 36.4 Å². The molecule has 1 unspecified atom stereocenters. The smallest absolute Gasteiger partial charge is 0.230 e. The Balaban J connectivity index is 1.59. The fraction of sp³-hybridized carbons (Fsp3) is 0.650. The van der Waals surface area contributed by atoms with Gasteiger partial charge in [0, 0.05) is 30.5 Å². The highest BCUT2D eigenvalue weighted by molar-refractivity contribution is 5.93. The predicted molar refractivity (Wildman–Crippen MR) is 102 cm³/mol. The maximum atomic E-state index is 12.7. The van der Waals surface area contributed by atoms with Crippen LogP contribution in [0, 0.1) is 11.3 Å². The molecule has 6 heteroatoms. The molecule has 26 heavy (non-hydrogen) atoms. The minimum absolute atomic E-state index is 0.0165. The molecule has 142 valence electrons. The van der Waals surface area contributed by atoms with E-state index in [2.05, 4.69) is 22.6 Å². The Morgan fingerprint density at radius 2 is 1.88 bits per heavy atom. The largest absolute Gasteiger partial charge is 0.342 e. The summed E-state index contributed by atoms with van der Waals surface area (Å²) in [7, 11) is 0. The number of allylic oxidation sites excluding steroid dienone is 2. The quantitative estimate of drug-likeness (QED) is 0.842. The molecule has 3 rings (SSSR count). The second-order valence-electron chi connectivity index (χ2n) is 8.40. The average Bonchev–Trinajstić information content (AvgIpc) is 3.09. The molecule has 1 aromatic rings. The van der Waals surface area contributed by atoms with E-state index < -0.39 is 5.41 Å². The lowest BCUT2D eigenvalue weighted by Crippen LogP contribution is -2.42. The highest BCUT2D eigenvalue weighted by atomic mass is 16.2. The number of nitrogens with zero attached hydrogens (tertiary/aromatic N) is 3. The van der Waals surface area contributed by atoms with Crippen LogP contribution in [0.5, 0.6) is 0 Å². The Labute approximate surface area is 155 Å². The zero-order chi connectivity index (χ0) is 18.7. The molecule has 1 saturated heterocycles. The Hall–Kier alpha value is -2.11. The normalized spacial score (nSPS) is 21.7. The van der Waals surface area contributed by atoms with Crippen LogP contribution in [0.15, 0.2) is 24.4 Å². The number of piperidine rings is 1. The molecule has 1 fully saturated rings. The van der Waals surface area contributed by atoms with Crippen LogP contribution in [-0.4, -0.2) is 39.6 Å². The third-order valence-electron chi connectivity index (χ3n) is 5.33. The molecule has 2 aliphatic rings. The number of carbonyl (C=O) groups is 2. The number of hydrogen-bond donors (Lipinski definition) is 1. The van der Waals surface area contributed by atoms with Gasteiger partial charge in [-0.2, -0.15) is 5.10 Å². The predicted octanol–water partition coefficient (Wildman–Crippen LogP) is 3.39. The lowest BCUT2D eigenvalue weighted by molar-refractivity contribution is -0.137. The van der Waals surface area contributed by atoms with Gasteiger partial charge in [0.05, 0.1) is 12.2 Å². The third-order valence-corrected chi connectivity index (χ3v) is 5.33. The first-order valence-electron chi connectivity index (χ1n) is 9.65. The van der Waals surface area contributed by atoms with Crippen LogP contribution >= 0.6 is 0 Å². The molecule has 0 aromatic carbocycles. The van der Waals surface area contributed by atoms with Crippen molar-refractivity contribution < 1.29 is 9.59 Å². The summed E-state index contributed by atoms with van der Waals surface area (Å²) in [5.41, 5.74) is -0.445.